The lowest BCUT2D eigenvalue weighted by molar-refractivity contribution is -0.137. The van der Waals surface area contributed by atoms with Gasteiger partial charge in [-0.15, -0.1) is 6.42 Å². The van der Waals surface area contributed by atoms with E-state index in [0.717, 1.165) is 25.0 Å². The van der Waals surface area contributed by atoms with E-state index >= 15 is 0 Å². The van der Waals surface area contributed by atoms with E-state index in [2.05, 4.69) is 10.6 Å². The number of amides is 1. The number of halogens is 3. The average molecular weight is 450 g/mol. The van der Waals surface area contributed by atoms with Crippen LogP contribution in [0.4, 0.5) is 13.2 Å². The Balaban J connectivity index is 1.88. The Morgan fingerprint density at radius 3 is 2.52 bits per heavy atom. The molecule has 5 nitrogen and oxygen atoms in total. The highest BCUT2D eigenvalue weighted by molar-refractivity contribution is 7.89. The third kappa shape index (κ3) is 5.27. The van der Waals surface area contributed by atoms with E-state index < -0.39 is 21.8 Å². The van der Waals surface area contributed by atoms with Gasteiger partial charge in [-0.05, 0) is 55.2 Å². The SMILES string of the molecule is C#CCNS(=O)(=O)c1cccc(C(=O)N2CCCC[C@H]2c2ccc(C(F)(F)F)cc2)c1. The topological polar surface area (TPSA) is 66.5 Å². The molecule has 0 aromatic heterocycles. The first-order valence-corrected chi connectivity index (χ1v) is 11.1. The second-order valence-electron chi connectivity index (χ2n) is 7.19. The molecule has 0 bridgehead atoms. The number of hydrogen-bond acceptors (Lipinski definition) is 3. The summed E-state index contributed by atoms with van der Waals surface area (Å²) in [6.45, 7) is 0.249. The van der Waals surface area contributed by atoms with Crippen LogP contribution in [0, 0.1) is 12.3 Å². The molecule has 3 rings (SSSR count). The standard InChI is InChI=1S/C22H21F3N2O3S/c1-2-13-26-31(29,30)19-7-5-6-17(15-19)21(28)27-14-4-3-8-20(27)16-9-11-18(12-10-16)22(23,24)25/h1,5-7,9-12,15,20,26H,3-4,8,13-14H2/t20-/m0/s1. The molecular weight excluding hydrogens is 429 g/mol. The molecule has 0 radical (unpaired) electrons. The first-order chi connectivity index (χ1) is 14.6. The van der Waals surface area contributed by atoms with E-state index in [-0.39, 0.29) is 29.0 Å². The average Bonchev–Trinajstić information content (AvgIpc) is 2.77. The maximum atomic E-state index is 13.2. The highest BCUT2D eigenvalue weighted by Gasteiger charge is 2.32. The van der Waals surface area contributed by atoms with Gasteiger partial charge in [-0.2, -0.15) is 17.9 Å². The monoisotopic (exact) mass is 450 g/mol. The third-order valence-electron chi connectivity index (χ3n) is 5.14. The van der Waals surface area contributed by atoms with Crippen LogP contribution in [0.5, 0.6) is 0 Å². The molecule has 1 aliphatic heterocycles. The number of hydrogen-bond donors (Lipinski definition) is 1. The first kappa shape index (κ1) is 22.8. The Morgan fingerprint density at radius 1 is 1.16 bits per heavy atom. The van der Waals surface area contributed by atoms with Crippen molar-refractivity contribution in [3.8, 4) is 12.3 Å². The number of sulfonamides is 1. The van der Waals surface area contributed by atoms with Crippen LogP contribution in [-0.4, -0.2) is 32.3 Å². The molecule has 1 N–H and O–H groups in total. The molecule has 1 fully saturated rings. The number of piperidine rings is 1. The van der Waals surface area contributed by atoms with Gasteiger partial charge in [0.25, 0.3) is 5.91 Å². The lowest BCUT2D eigenvalue weighted by atomic mass is 9.93. The molecule has 1 heterocycles. The molecule has 1 aliphatic rings. The molecule has 0 aliphatic carbocycles. The summed E-state index contributed by atoms with van der Waals surface area (Å²) in [6.07, 6.45) is 2.86. The first-order valence-electron chi connectivity index (χ1n) is 9.65. The van der Waals surface area contributed by atoms with Crippen LogP contribution >= 0.6 is 0 Å². The summed E-state index contributed by atoms with van der Waals surface area (Å²) in [5, 5.41) is 0. The molecule has 31 heavy (non-hydrogen) atoms. The van der Waals surface area contributed by atoms with Crippen LogP contribution in [0.2, 0.25) is 0 Å². The highest BCUT2D eigenvalue weighted by Crippen LogP contribution is 2.35. The van der Waals surface area contributed by atoms with E-state index in [9.17, 15) is 26.4 Å². The fourth-order valence-corrected chi connectivity index (χ4v) is 4.58. The number of terminal acetylenes is 1. The van der Waals surface area contributed by atoms with E-state index in [1.165, 1.54) is 36.4 Å². The van der Waals surface area contributed by atoms with Crippen LogP contribution < -0.4 is 4.72 Å². The van der Waals surface area contributed by atoms with Gasteiger partial charge in [0, 0.05) is 12.1 Å². The van der Waals surface area contributed by atoms with Crippen LogP contribution in [-0.2, 0) is 16.2 Å². The summed E-state index contributed by atoms with van der Waals surface area (Å²) in [5.41, 5.74) is 0.0465. The highest BCUT2D eigenvalue weighted by atomic mass is 32.2. The maximum absolute atomic E-state index is 13.2. The van der Waals surface area contributed by atoms with Crippen LogP contribution in [0.1, 0.15) is 46.8 Å². The molecule has 0 spiro atoms. The van der Waals surface area contributed by atoms with E-state index in [4.69, 9.17) is 6.42 Å². The third-order valence-corrected chi connectivity index (χ3v) is 6.54. The van der Waals surface area contributed by atoms with Gasteiger partial charge in [0.1, 0.15) is 0 Å². The van der Waals surface area contributed by atoms with Crippen molar-refractivity contribution in [2.24, 2.45) is 0 Å². The van der Waals surface area contributed by atoms with Crippen LogP contribution in [0.3, 0.4) is 0 Å². The number of benzene rings is 2. The van der Waals surface area contributed by atoms with Crippen molar-refractivity contribution in [3.05, 3.63) is 65.2 Å². The van der Waals surface area contributed by atoms with Crippen molar-refractivity contribution < 1.29 is 26.4 Å². The number of nitrogens with zero attached hydrogens (tertiary/aromatic N) is 1. The summed E-state index contributed by atoms with van der Waals surface area (Å²) in [5.74, 6) is 1.81. The lowest BCUT2D eigenvalue weighted by Crippen LogP contribution is -2.38. The zero-order valence-corrected chi connectivity index (χ0v) is 17.3. The molecule has 164 valence electrons. The van der Waals surface area contributed by atoms with Gasteiger partial charge in [-0.3, -0.25) is 4.79 Å². The van der Waals surface area contributed by atoms with Crippen molar-refractivity contribution >= 4 is 15.9 Å². The van der Waals surface area contributed by atoms with Gasteiger partial charge in [0.2, 0.25) is 10.0 Å². The summed E-state index contributed by atoms with van der Waals surface area (Å²) >= 11 is 0. The molecule has 1 amide bonds. The minimum absolute atomic E-state index is 0.0864. The molecule has 2 aromatic rings. The molecule has 2 aromatic carbocycles. The van der Waals surface area contributed by atoms with E-state index in [0.29, 0.717) is 18.5 Å². The van der Waals surface area contributed by atoms with Crippen molar-refractivity contribution in [3.63, 3.8) is 0 Å². The zero-order chi connectivity index (χ0) is 22.6. The van der Waals surface area contributed by atoms with Crippen molar-refractivity contribution in [2.75, 3.05) is 13.1 Å². The second-order valence-corrected chi connectivity index (χ2v) is 8.95. The summed E-state index contributed by atoms with van der Waals surface area (Å²) in [4.78, 5) is 14.7. The Labute approximate surface area is 179 Å². The fraction of sp³-hybridized carbons (Fsp3) is 0.318. The maximum Gasteiger partial charge on any atom is 0.416 e. The van der Waals surface area contributed by atoms with E-state index in [1.54, 1.807) is 4.90 Å². The second kappa shape index (κ2) is 9.12. The van der Waals surface area contributed by atoms with E-state index in [1.807, 2.05) is 0 Å². The van der Waals surface area contributed by atoms with Crippen LogP contribution in [0.15, 0.2) is 53.4 Å². The predicted molar refractivity (Wildman–Crippen MR) is 110 cm³/mol. The van der Waals surface area contributed by atoms with Gasteiger partial charge in [0.15, 0.2) is 0 Å². The normalized spacial score (nSPS) is 17.2. The van der Waals surface area contributed by atoms with Gasteiger partial charge in [-0.25, -0.2) is 8.42 Å². The molecule has 0 unspecified atom stereocenters. The Hall–Kier alpha value is -2.83. The number of nitrogens with one attached hydrogen (secondary N) is 1. The number of alkyl halides is 3. The summed E-state index contributed by atoms with van der Waals surface area (Å²) in [7, 11) is -3.86. The summed E-state index contributed by atoms with van der Waals surface area (Å²) < 4.78 is 65.5. The minimum atomic E-state index is -4.43. The Kier molecular flexibility index (Phi) is 6.72. The number of rotatable bonds is 5. The van der Waals surface area contributed by atoms with Crippen molar-refractivity contribution in [1.82, 2.24) is 9.62 Å². The lowest BCUT2D eigenvalue weighted by Gasteiger charge is -2.36. The number of carbonyl (C=O) groups excluding carboxylic acids is 1. The Morgan fingerprint density at radius 2 is 1.87 bits per heavy atom. The van der Waals surface area contributed by atoms with Gasteiger partial charge < -0.3 is 4.90 Å². The molecule has 1 atom stereocenters. The van der Waals surface area contributed by atoms with Crippen LogP contribution in [0.25, 0.3) is 0 Å². The molecular formula is C22H21F3N2O3S. The largest absolute Gasteiger partial charge is 0.416 e. The van der Waals surface area contributed by atoms with Crippen molar-refractivity contribution in [2.45, 2.75) is 36.4 Å². The number of carbonyl (C=O) groups is 1. The summed E-state index contributed by atoms with van der Waals surface area (Å²) in [6, 6.07) is 10.0. The predicted octanol–water partition coefficient (Wildman–Crippen LogP) is 3.98. The zero-order valence-electron chi connectivity index (χ0n) is 16.5. The fourth-order valence-electron chi connectivity index (χ4n) is 3.60. The smallest absolute Gasteiger partial charge is 0.332 e. The molecule has 9 heteroatoms. The van der Waals surface area contributed by atoms with Gasteiger partial charge in [0.05, 0.1) is 23.0 Å². The Bertz CT molecular complexity index is 1090. The molecule has 0 saturated carbocycles. The van der Waals surface area contributed by atoms with Crippen molar-refractivity contribution in [1.29, 1.82) is 0 Å². The quantitative estimate of drug-likeness (QED) is 0.701. The van der Waals surface area contributed by atoms with Gasteiger partial charge >= 0.3 is 6.18 Å². The number of likely N-dealkylation sites (tertiary alicyclic amines) is 1. The molecule has 1 saturated heterocycles. The minimum Gasteiger partial charge on any atom is -0.332 e. The van der Waals surface area contributed by atoms with Gasteiger partial charge in [-0.1, -0.05) is 24.1 Å².